The molecule has 19 heavy (non-hydrogen) atoms. The third-order valence-corrected chi connectivity index (χ3v) is 4.96. The van der Waals surface area contributed by atoms with Crippen molar-refractivity contribution in [3.8, 4) is 0 Å². The van der Waals surface area contributed by atoms with Gasteiger partial charge in [0, 0.05) is 24.5 Å². The van der Waals surface area contributed by atoms with E-state index in [1.165, 1.54) is 19.3 Å². The molecular weight excluding hydrogens is 307 g/mol. The largest absolute Gasteiger partial charge is 0.370 e. The van der Waals surface area contributed by atoms with Crippen molar-refractivity contribution in [2.45, 2.75) is 30.1 Å². The fourth-order valence-electron chi connectivity index (χ4n) is 2.95. The molecule has 4 heteroatoms. The van der Waals surface area contributed by atoms with E-state index in [1.807, 2.05) is 13.1 Å². The van der Waals surface area contributed by atoms with Crippen LogP contribution in [-0.2, 0) is 5.33 Å². The van der Waals surface area contributed by atoms with E-state index < -0.39 is 0 Å². The van der Waals surface area contributed by atoms with Crippen LogP contribution in [-0.4, -0.2) is 38.1 Å². The number of nitrogens with zero attached hydrogens (tertiary/aromatic N) is 2. The summed E-state index contributed by atoms with van der Waals surface area (Å²) in [6.45, 7) is 0.876. The van der Waals surface area contributed by atoms with E-state index in [4.69, 9.17) is 0 Å². The molecule has 1 aromatic carbocycles. The molecule has 2 rings (SSSR count). The quantitative estimate of drug-likeness (QED) is 0.761. The zero-order valence-electron chi connectivity index (χ0n) is 11.9. The molecule has 106 valence electrons. The molecular formula is C15H22BrFN2. The lowest BCUT2D eigenvalue weighted by molar-refractivity contribution is 0.0682. The van der Waals surface area contributed by atoms with E-state index in [-0.39, 0.29) is 11.4 Å². The summed E-state index contributed by atoms with van der Waals surface area (Å²) < 4.78 is 14.1. The van der Waals surface area contributed by atoms with Gasteiger partial charge in [-0.1, -0.05) is 28.1 Å². The molecule has 1 aromatic rings. The fraction of sp³-hybridized carbons (Fsp3) is 0.600. The first kappa shape index (κ1) is 14.8. The molecule has 0 saturated heterocycles. The number of anilines is 1. The normalized spacial score (nSPS) is 17.4. The molecule has 0 aliphatic heterocycles. The Morgan fingerprint density at radius 2 is 1.95 bits per heavy atom. The molecule has 1 aliphatic rings. The van der Waals surface area contributed by atoms with Gasteiger partial charge in [-0.2, -0.15) is 0 Å². The van der Waals surface area contributed by atoms with Crippen molar-refractivity contribution in [1.82, 2.24) is 4.90 Å². The second-order valence-corrected chi connectivity index (χ2v) is 6.27. The average molecular weight is 329 g/mol. The summed E-state index contributed by atoms with van der Waals surface area (Å²) in [5, 5.41) is 0.680. The third-order valence-electron chi connectivity index (χ3n) is 4.36. The zero-order chi connectivity index (χ0) is 14.0. The van der Waals surface area contributed by atoms with Crippen molar-refractivity contribution < 1.29 is 4.39 Å². The number of alkyl halides is 1. The van der Waals surface area contributed by atoms with Crippen molar-refractivity contribution in [3.63, 3.8) is 0 Å². The zero-order valence-corrected chi connectivity index (χ0v) is 13.5. The number of para-hydroxylation sites is 1. The van der Waals surface area contributed by atoms with E-state index in [9.17, 15) is 4.39 Å². The van der Waals surface area contributed by atoms with Crippen LogP contribution >= 0.6 is 15.9 Å². The molecule has 0 bridgehead atoms. The number of benzene rings is 1. The van der Waals surface area contributed by atoms with Gasteiger partial charge in [0.25, 0.3) is 0 Å². The standard InChI is InChI=1S/C15H22BrFN2/c1-18(2)15(8-5-9-15)11-19(3)14-12(10-16)6-4-7-13(14)17/h4,6-7H,5,8-11H2,1-3H3. The number of hydrogen-bond acceptors (Lipinski definition) is 2. The fourth-order valence-corrected chi connectivity index (χ4v) is 3.40. The Morgan fingerprint density at radius 1 is 1.26 bits per heavy atom. The lowest BCUT2D eigenvalue weighted by Gasteiger charge is -2.49. The summed E-state index contributed by atoms with van der Waals surface area (Å²) in [6, 6.07) is 5.29. The summed E-state index contributed by atoms with van der Waals surface area (Å²) in [5.74, 6) is -0.132. The lowest BCUT2D eigenvalue weighted by atomic mass is 9.75. The van der Waals surface area contributed by atoms with E-state index in [2.05, 4.69) is 39.8 Å². The second kappa shape index (κ2) is 5.80. The second-order valence-electron chi connectivity index (χ2n) is 5.71. The van der Waals surface area contributed by atoms with E-state index in [0.29, 0.717) is 5.33 Å². The van der Waals surface area contributed by atoms with Gasteiger partial charge < -0.3 is 9.80 Å². The van der Waals surface area contributed by atoms with Gasteiger partial charge in [0.15, 0.2) is 0 Å². The summed E-state index contributed by atoms with van der Waals surface area (Å²) in [7, 11) is 6.24. The number of rotatable bonds is 5. The molecule has 0 aromatic heterocycles. The van der Waals surface area contributed by atoms with Crippen LogP contribution in [0.25, 0.3) is 0 Å². The van der Waals surface area contributed by atoms with E-state index in [0.717, 1.165) is 17.8 Å². The maximum Gasteiger partial charge on any atom is 0.146 e. The van der Waals surface area contributed by atoms with Crippen LogP contribution < -0.4 is 4.90 Å². The van der Waals surface area contributed by atoms with Gasteiger partial charge in [-0.3, -0.25) is 0 Å². The first-order chi connectivity index (χ1) is 9.00. The highest BCUT2D eigenvalue weighted by molar-refractivity contribution is 9.08. The molecule has 0 amide bonds. The number of halogens is 2. The van der Waals surface area contributed by atoms with Crippen molar-refractivity contribution in [2.75, 3.05) is 32.6 Å². The molecule has 0 atom stereocenters. The third kappa shape index (κ3) is 2.79. The van der Waals surface area contributed by atoms with Gasteiger partial charge >= 0.3 is 0 Å². The van der Waals surface area contributed by atoms with Crippen LogP contribution in [0.2, 0.25) is 0 Å². The minimum absolute atomic E-state index is 0.132. The van der Waals surface area contributed by atoms with Gasteiger partial charge in [-0.25, -0.2) is 4.39 Å². The average Bonchev–Trinajstić information content (AvgIpc) is 2.32. The van der Waals surface area contributed by atoms with Crippen LogP contribution in [0.5, 0.6) is 0 Å². The summed E-state index contributed by atoms with van der Waals surface area (Å²) in [4.78, 5) is 4.37. The topological polar surface area (TPSA) is 6.48 Å². The molecule has 1 fully saturated rings. The molecule has 0 unspecified atom stereocenters. The van der Waals surface area contributed by atoms with Gasteiger partial charge in [0.2, 0.25) is 0 Å². The molecule has 1 aliphatic carbocycles. The van der Waals surface area contributed by atoms with Crippen molar-refractivity contribution in [3.05, 3.63) is 29.6 Å². The Hall–Kier alpha value is -0.610. The van der Waals surface area contributed by atoms with Gasteiger partial charge in [-0.05, 0) is 45.0 Å². The molecule has 0 heterocycles. The highest BCUT2D eigenvalue weighted by Crippen LogP contribution is 2.38. The molecule has 1 saturated carbocycles. The Balaban J connectivity index is 2.22. The Bertz CT molecular complexity index is 444. The summed E-state index contributed by atoms with van der Waals surface area (Å²) >= 11 is 3.45. The van der Waals surface area contributed by atoms with Gasteiger partial charge in [-0.15, -0.1) is 0 Å². The molecule has 2 nitrogen and oxygen atoms in total. The predicted octanol–water partition coefficient (Wildman–Crippen LogP) is 3.64. The number of hydrogen-bond donors (Lipinski definition) is 0. The smallest absolute Gasteiger partial charge is 0.146 e. The Kier molecular flexibility index (Phi) is 4.51. The monoisotopic (exact) mass is 328 g/mol. The van der Waals surface area contributed by atoms with Crippen molar-refractivity contribution >= 4 is 21.6 Å². The summed E-state index contributed by atoms with van der Waals surface area (Å²) in [6.07, 6.45) is 3.67. The predicted molar refractivity (Wildman–Crippen MR) is 82.6 cm³/mol. The minimum Gasteiger partial charge on any atom is -0.370 e. The van der Waals surface area contributed by atoms with Gasteiger partial charge in [0.05, 0.1) is 5.69 Å². The van der Waals surface area contributed by atoms with Crippen molar-refractivity contribution in [2.24, 2.45) is 0 Å². The lowest BCUT2D eigenvalue weighted by Crippen LogP contribution is -2.57. The molecule has 0 radical (unpaired) electrons. The van der Waals surface area contributed by atoms with Gasteiger partial charge in [0.1, 0.15) is 5.82 Å². The maximum atomic E-state index is 14.1. The van der Waals surface area contributed by atoms with Crippen LogP contribution in [0.15, 0.2) is 18.2 Å². The Labute approximate surface area is 123 Å². The Morgan fingerprint density at radius 3 is 2.42 bits per heavy atom. The maximum absolute atomic E-state index is 14.1. The van der Waals surface area contributed by atoms with Crippen LogP contribution in [0.1, 0.15) is 24.8 Å². The van der Waals surface area contributed by atoms with Crippen molar-refractivity contribution in [1.29, 1.82) is 0 Å². The first-order valence-electron chi connectivity index (χ1n) is 6.72. The number of likely N-dealkylation sites (N-methyl/N-ethyl adjacent to an activating group) is 2. The first-order valence-corrected chi connectivity index (χ1v) is 7.84. The summed E-state index contributed by atoms with van der Waals surface area (Å²) in [5.41, 5.74) is 1.95. The molecule has 0 N–H and O–H groups in total. The SMILES string of the molecule is CN(CC1(N(C)C)CCC1)c1c(F)cccc1CBr. The minimum atomic E-state index is -0.132. The highest BCUT2D eigenvalue weighted by Gasteiger charge is 2.40. The highest BCUT2D eigenvalue weighted by atomic mass is 79.9. The van der Waals surface area contributed by atoms with Crippen LogP contribution in [0.3, 0.4) is 0 Å². The van der Waals surface area contributed by atoms with Crippen LogP contribution in [0, 0.1) is 5.82 Å². The van der Waals surface area contributed by atoms with E-state index in [1.54, 1.807) is 12.1 Å². The molecule has 0 spiro atoms. The van der Waals surface area contributed by atoms with E-state index >= 15 is 0 Å². The van der Waals surface area contributed by atoms with Crippen LogP contribution in [0.4, 0.5) is 10.1 Å².